The second kappa shape index (κ2) is 6.78. The maximum Gasteiger partial charge on any atom is 0.105 e. The van der Waals surface area contributed by atoms with Crippen molar-refractivity contribution < 1.29 is 9.15 Å². The molecule has 0 saturated carbocycles. The topological polar surface area (TPSA) is 34.4 Å². The van der Waals surface area contributed by atoms with Crippen LogP contribution in [0.4, 0.5) is 5.69 Å². The van der Waals surface area contributed by atoms with Gasteiger partial charge in [-0.25, -0.2) is 0 Å². The zero-order valence-corrected chi connectivity index (χ0v) is 12.7. The Hall–Kier alpha value is -1.26. The average Bonchev–Trinajstić information content (AvgIpc) is 2.86. The van der Waals surface area contributed by atoms with E-state index in [4.69, 9.17) is 9.15 Å². The van der Waals surface area contributed by atoms with E-state index in [0.717, 1.165) is 27.9 Å². The van der Waals surface area contributed by atoms with Crippen LogP contribution < -0.4 is 5.32 Å². The van der Waals surface area contributed by atoms with Gasteiger partial charge in [-0.3, -0.25) is 0 Å². The Bertz CT molecular complexity index is 511. The third-order valence-electron chi connectivity index (χ3n) is 2.90. The number of anilines is 1. The van der Waals surface area contributed by atoms with Crippen molar-refractivity contribution in [2.45, 2.75) is 26.0 Å². The summed E-state index contributed by atoms with van der Waals surface area (Å²) in [5.74, 6) is 0.989. The van der Waals surface area contributed by atoms with Gasteiger partial charge >= 0.3 is 0 Å². The summed E-state index contributed by atoms with van der Waals surface area (Å²) in [6.45, 7) is 2.72. The summed E-state index contributed by atoms with van der Waals surface area (Å²) in [6.07, 6.45) is 2.56. The lowest BCUT2D eigenvalue weighted by atomic mass is 10.1. The van der Waals surface area contributed by atoms with E-state index in [0.29, 0.717) is 6.61 Å². The molecule has 1 atom stereocenters. The Morgan fingerprint density at radius 2 is 2.16 bits per heavy atom. The third kappa shape index (κ3) is 3.85. The first-order valence-corrected chi connectivity index (χ1v) is 7.05. The van der Waals surface area contributed by atoms with Crippen molar-refractivity contribution in [1.82, 2.24) is 0 Å². The number of halogens is 1. The largest absolute Gasteiger partial charge is 0.469 e. The molecule has 0 saturated heterocycles. The molecule has 0 radical (unpaired) electrons. The first-order valence-electron chi connectivity index (χ1n) is 6.26. The van der Waals surface area contributed by atoms with Crippen LogP contribution in [0.1, 0.15) is 18.2 Å². The van der Waals surface area contributed by atoms with Crippen LogP contribution in [0, 0.1) is 0 Å². The first-order chi connectivity index (χ1) is 9.20. The standard InChI is InChI=1S/C15H18BrNO2/c1-11(9-12-5-4-8-19-12)17-15-7-3-6-14(16)13(15)10-18-2/h3-8,11,17H,9-10H2,1-2H3. The van der Waals surface area contributed by atoms with Crippen molar-refractivity contribution in [3.8, 4) is 0 Å². The molecule has 0 spiro atoms. The van der Waals surface area contributed by atoms with Crippen LogP contribution in [0.3, 0.4) is 0 Å². The first kappa shape index (κ1) is 14.2. The molecule has 0 aliphatic carbocycles. The molecule has 1 aromatic heterocycles. The van der Waals surface area contributed by atoms with E-state index in [1.165, 1.54) is 0 Å². The summed E-state index contributed by atoms with van der Waals surface area (Å²) in [6, 6.07) is 10.3. The van der Waals surface area contributed by atoms with Gasteiger partial charge in [-0.2, -0.15) is 0 Å². The Kier molecular flexibility index (Phi) is 5.05. The normalized spacial score (nSPS) is 12.4. The van der Waals surface area contributed by atoms with Crippen molar-refractivity contribution in [2.75, 3.05) is 12.4 Å². The number of benzene rings is 1. The predicted octanol–water partition coefficient (Wildman–Crippen LogP) is 4.23. The lowest BCUT2D eigenvalue weighted by molar-refractivity contribution is 0.185. The van der Waals surface area contributed by atoms with Gasteiger partial charge < -0.3 is 14.5 Å². The fraction of sp³-hybridized carbons (Fsp3) is 0.333. The van der Waals surface area contributed by atoms with E-state index in [9.17, 15) is 0 Å². The summed E-state index contributed by atoms with van der Waals surface area (Å²) >= 11 is 3.56. The summed E-state index contributed by atoms with van der Waals surface area (Å²) in [5, 5.41) is 3.50. The minimum Gasteiger partial charge on any atom is -0.469 e. The Balaban J connectivity index is 2.07. The zero-order chi connectivity index (χ0) is 13.7. The van der Waals surface area contributed by atoms with Gasteiger partial charge in [-0.1, -0.05) is 22.0 Å². The van der Waals surface area contributed by atoms with Crippen LogP contribution >= 0.6 is 15.9 Å². The Labute approximate surface area is 122 Å². The van der Waals surface area contributed by atoms with Gasteiger partial charge in [-0.15, -0.1) is 0 Å². The Morgan fingerprint density at radius 1 is 1.32 bits per heavy atom. The summed E-state index contributed by atoms with van der Waals surface area (Å²) in [7, 11) is 1.70. The van der Waals surface area contributed by atoms with Crippen LogP contribution in [0.2, 0.25) is 0 Å². The van der Waals surface area contributed by atoms with Crippen LogP contribution in [0.25, 0.3) is 0 Å². The molecule has 0 amide bonds. The zero-order valence-electron chi connectivity index (χ0n) is 11.2. The van der Waals surface area contributed by atoms with Crippen molar-refractivity contribution in [3.05, 3.63) is 52.4 Å². The SMILES string of the molecule is COCc1c(Br)cccc1NC(C)Cc1ccco1. The highest BCUT2D eigenvalue weighted by Crippen LogP contribution is 2.26. The van der Waals surface area contributed by atoms with Crippen LogP contribution in [0.15, 0.2) is 45.5 Å². The van der Waals surface area contributed by atoms with E-state index < -0.39 is 0 Å². The second-order valence-electron chi connectivity index (χ2n) is 4.53. The van der Waals surface area contributed by atoms with E-state index in [1.807, 2.05) is 24.3 Å². The van der Waals surface area contributed by atoms with Gasteiger partial charge in [0.25, 0.3) is 0 Å². The fourth-order valence-electron chi connectivity index (χ4n) is 2.03. The van der Waals surface area contributed by atoms with Crippen molar-refractivity contribution >= 4 is 21.6 Å². The van der Waals surface area contributed by atoms with Crippen molar-refractivity contribution in [1.29, 1.82) is 0 Å². The maximum atomic E-state index is 5.37. The smallest absolute Gasteiger partial charge is 0.105 e. The lowest BCUT2D eigenvalue weighted by Crippen LogP contribution is -2.19. The van der Waals surface area contributed by atoms with Gasteiger partial charge in [0.15, 0.2) is 0 Å². The van der Waals surface area contributed by atoms with Gasteiger partial charge in [0.1, 0.15) is 5.76 Å². The van der Waals surface area contributed by atoms with Crippen molar-refractivity contribution in [3.63, 3.8) is 0 Å². The van der Waals surface area contributed by atoms with Gasteiger partial charge in [-0.05, 0) is 31.2 Å². The number of hydrogen-bond donors (Lipinski definition) is 1. The molecule has 3 nitrogen and oxygen atoms in total. The molecule has 2 aromatic rings. The maximum absolute atomic E-state index is 5.37. The van der Waals surface area contributed by atoms with Crippen LogP contribution in [0.5, 0.6) is 0 Å². The molecule has 102 valence electrons. The van der Waals surface area contributed by atoms with Crippen LogP contribution in [-0.2, 0) is 17.8 Å². The molecule has 0 fully saturated rings. The molecule has 1 aromatic carbocycles. The summed E-state index contributed by atoms with van der Waals surface area (Å²) in [4.78, 5) is 0. The molecule has 19 heavy (non-hydrogen) atoms. The van der Waals surface area contributed by atoms with Gasteiger partial charge in [0, 0.05) is 35.3 Å². The Morgan fingerprint density at radius 3 is 2.84 bits per heavy atom. The molecule has 1 heterocycles. The number of hydrogen-bond acceptors (Lipinski definition) is 3. The molecule has 1 N–H and O–H groups in total. The highest BCUT2D eigenvalue weighted by molar-refractivity contribution is 9.10. The number of ether oxygens (including phenoxy) is 1. The molecule has 4 heteroatoms. The van der Waals surface area contributed by atoms with E-state index in [-0.39, 0.29) is 6.04 Å². The van der Waals surface area contributed by atoms with Gasteiger partial charge in [0.05, 0.1) is 12.9 Å². The molecule has 1 unspecified atom stereocenters. The van der Waals surface area contributed by atoms with E-state index in [2.05, 4.69) is 34.2 Å². The van der Waals surface area contributed by atoms with E-state index in [1.54, 1.807) is 13.4 Å². The molecule has 2 rings (SSSR count). The monoisotopic (exact) mass is 323 g/mol. The summed E-state index contributed by atoms with van der Waals surface area (Å²) in [5.41, 5.74) is 2.23. The number of nitrogens with one attached hydrogen (secondary N) is 1. The second-order valence-corrected chi connectivity index (χ2v) is 5.38. The molecule has 0 bridgehead atoms. The molecule has 0 aliphatic heterocycles. The summed E-state index contributed by atoms with van der Waals surface area (Å²) < 4.78 is 11.7. The predicted molar refractivity (Wildman–Crippen MR) is 80.4 cm³/mol. The van der Waals surface area contributed by atoms with E-state index >= 15 is 0 Å². The van der Waals surface area contributed by atoms with Gasteiger partial charge in [0.2, 0.25) is 0 Å². The van der Waals surface area contributed by atoms with Crippen LogP contribution in [-0.4, -0.2) is 13.2 Å². The quantitative estimate of drug-likeness (QED) is 0.863. The molecule has 0 aliphatic rings. The number of rotatable bonds is 6. The molecular formula is C15H18BrNO2. The highest BCUT2D eigenvalue weighted by atomic mass is 79.9. The third-order valence-corrected chi connectivity index (χ3v) is 3.64. The number of furan rings is 1. The van der Waals surface area contributed by atoms with Crippen molar-refractivity contribution in [2.24, 2.45) is 0 Å². The molecular weight excluding hydrogens is 306 g/mol. The highest BCUT2D eigenvalue weighted by Gasteiger charge is 2.10. The minimum absolute atomic E-state index is 0.288. The minimum atomic E-state index is 0.288. The average molecular weight is 324 g/mol. The fourth-order valence-corrected chi connectivity index (χ4v) is 2.51. The number of methoxy groups -OCH3 is 1. The lowest BCUT2D eigenvalue weighted by Gasteiger charge is -2.18.